The maximum atomic E-state index is 11.4. The summed E-state index contributed by atoms with van der Waals surface area (Å²) in [6.45, 7) is 2.15. The molecule has 0 aliphatic heterocycles. The van der Waals surface area contributed by atoms with Gasteiger partial charge in [0.05, 0.1) is 5.69 Å². The van der Waals surface area contributed by atoms with Crippen LogP contribution in [0.25, 0.3) is 32.7 Å². The summed E-state index contributed by atoms with van der Waals surface area (Å²) in [5.74, 6) is 0. The zero-order valence-electron chi connectivity index (χ0n) is 14.2. The fourth-order valence-corrected chi connectivity index (χ4v) is 4.57. The summed E-state index contributed by atoms with van der Waals surface area (Å²) < 4.78 is 25.4. The summed E-state index contributed by atoms with van der Waals surface area (Å²) >= 11 is -2.38. The van der Waals surface area contributed by atoms with Crippen LogP contribution < -0.4 is 10.0 Å². The van der Waals surface area contributed by atoms with Crippen LogP contribution in [-0.2, 0) is 11.3 Å². The number of hydrogen-bond acceptors (Lipinski definition) is 2. The van der Waals surface area contributed by atoms with E-state index in [1.54, 1.807) is 0 Å². The highest BCUT2D eigenvalue weighted by atomic mass is 32.2. The number of rotatable bonds is 4. The van der Waals surface area contributed by atoms with Gasteiger partial charge in [-0.25, -0.2) is 0 Å². The van der Waals surface area contributed by atoms with Crippen LogP contribution in [0.2, 0.25) is 0 Å². The van der Waals surface area contributed by atoms with Crippen molar-refractivity contribution in [1.29, 1.82) is 0 Å². The third kappa shape index (κ3) is 3.01. The van der Waals surface area contributed by atoms with Gasteiger partial charge in [0.2, 0.25) is 0 Å². The molecule has 0 heterocycles. The summed E-state index contributed by atoms with van der Waals surface area (Å²) in [7, 11) is 0.599. The van der Waals surface area contributed by atoms with Crippen molar-refractivity contribution in [3.8, 4) is 11.1 Å². The third-order valence-corrected chi connectivity index (χ3v) is 5.91. The molecule has 0 aliphatic carbocycles. The molecule has 0 fully saturated rings. The van der Waals surface area contributed by atoms with Gasteiger partial charge < -0.3 is 9.27 Å². The molecule has 5 heteroatoms. The van der Waals surface area contributed by atoms with Crippen LogP contribution in [0.4, 0.5) is 5.69 Å². The van der Waals surface area contributed by atoms with Crippen LogP contribution in [-0.4, -0.2) is 15.4 Å². The van der Waals surface area contributed by atoms with Crippen molar-refractivity contribution < 1.29 is 8.76 Å². The lowest BCUT2D eigenvalue weighted by atomic mass is 9.92. The van der Waals surface area contributed by atoms with E-state index in [1.807, 2.05) is 42.5 Å². The molecule has 0 bridgehead atoms. The monoisotopic (exact) mass is 378 g/mol. The smallest absolute Gasteiger partial charge is 0.0537 e. The second-order valence-corrected chi connectivity index (χ2v) is 7.72. The quantitative estimate of drug-likeness (QED) is 0.410. The van der Waals surface area contributed by atoms with E-state index in [0.717, 1.165) is 32.7 Å². The second-order valence-electron chi connectivity index (χ2n) is 6.01. The molecule has 2 unspecified atom stereocenters. The van der Waals surface area contributed by atoms with Crippen molar-refractivity contribution in [2.75, 3.05) is 11.4 Å². The lowest BCUT2D eigenvalue weighted by Gasteiger charge is -2.20. The van der Waals surface area contributed by atoms with Crippen LogP contribution in [0.3, 0.4) is 0 Å². The standard InChI is InChI=1S/C21H18NO2PS/c1-25-19-13-11-15-7-3-5-9-17(15)21(19)20-16-8-4-2-6-14(16)10-12-18(20)22-26(23)24/h2-13,22,25H,1H3,(H,23,24)/p-1. The summed E-state index contributed by atoms with van der Waals surface area (Å²) in [4.78, 5) is 0. The lowest BCUT2D eigenvalue weighted by Crippen LogP contribution is -2.07. The average Bonchev–Trinajstić information content (AvgIpc) is 2.67. The number of benzene rings is 4. The molecule has 0 amide bonds. The lowest BCUT2D eigenvalue weighted by molar-refractivity contribution is 0.542. The molecule has 26 heavy (non-hydrogen) atoms. The van der Waals surface area contributed by atoms with Crippen molar-refractivity contribution in [2.24, 2.45) is 0 Å². The maximum absolute atomic E-state index is 11.4. The summed E-state index contributed by atoms with van der Waals surface area (Å²) in [6, 6.07) is 24.4. The molecular formula is C21H17NO2PS-. The van der Waals surface area contributed by atoms with E-state index in [-0.39, 0.29) is 0 Å². The van der Waals surface area contributed by atoms with Gasteiger partial charge in [-0.05, 0) is 45.1 Å². The highest BCUT2D eigenvalue weighted by molar-refractivity contribution is 7.80. The van der Waals surface area contributed by atoms with Gasteiger partial charge in [0, 0.05) is 16.8 Å². The molecule has 4 rings (SSSR count). The molecule has 0 saturated carbocycles. The minimum Gasteiger partial charge on any atom is -0.755 e. The minimum absolute atomic E-state index is 0.599. The summed E-state index contributed by atoms with van der Waals surface area (Å²) in [5.41, 5.74) is 2.65. The van der Waals surface area contributed by atoms with Gasteiger partial charge in [0.1, 0.15) is 0 Å². The molecule has 130 valence electrons. The first-order chi connectivity index (χ1) is 12.7. The van der Waals surface area contributed by atoms with E-state index in [4.69, 9.17) is 0 Å². The normalized spacial score (nSPS) is 12.8. The predicted molar refractivity (Wildman–Crippen MR) is 113 cm³/mol. The number of fused-ring (bicyclic) bond motifs is 2. The Kier molecular flexibility index (Phi) is 4.73. The zero-order valence-corrected chi connectivity index (χ0v) is 16.0. The Bertz CT molecular complexity index is 1140. The highest BCUT2D eigenvalue weighted by Crippen LogP contribution is 2.40. The predicted octanol–water partition coefficient (Wildman–Crippen LogP) is 4.80. The van der Waals surface area contributed by atoms with Crippen molar-refractivity contribution >= 4 is 52.4 Å². The van der Waals surface area contributed by atoms with E-state index in [2.05, 4.69) is 41.7 Å². The van der Waals surface area contributed by atoms with Crippen molar-refractivity contribution in [2.45, 2.75) is 0 Å². The Morgan fingerprint density at radius 3 is 2.00 bits per heavy atom. The number of nitrogens with one attached hydrogen (secondary N) is 1. The average molecular weight is 378 g/mol. The van der Waals surface area contributed by atoms with Gasteiger partial charge in [-0.1, -0.05) is 75.3 Å². The minimum atomic E-state index is -2.38. The van der Waals surface area contributed by atoms with Gasteiger partial charge in [-0.2, -0.15) is 0 Å². The first-order valence-corrected chi connectivity index (χ1v) is 10.8. The van der Waals surface area contributed by atoms with Crippen LogP contribution in [0.5, 0.6) is 0 Å². The van der Waals surface area contributed by atoms with E-state index in [1.165, 1.54) is 5.30 Å². The molecule has 2 atom stereocenters. The summed E-state index contributed by atoms with van der Waals surface area (Å²) in [6.07, 6.45) is 0. The van der Waals surface area contributed by atoms with Gasteiger partial charge in [-0.15, -0.1) is 0 Å². The van der Waals surface area contributed by atoms with Crippen molar-refractivity contribution in [3.05, 3.63) is 72.8 Å². The molecule has 4 aromatic rings. The van der Waals surface area contributed by atoms with Crippen molar-refractivity contribution in [3.63, 3.8) is 0 Å². The zero-order chi connectivity index (χ0) is 18.1. The Hall–Kier alpha value is -2.26. The Balaban J connectivity index is 2.17. The van der Waals surface area contributed by atoms with Crippen LogP contribution >= 0.6 is 8.58 Å². The van der Waals surface area contributed by atoms with Crippen LogP contribution in [0, 0.1) is 0 Å². The second kappa shape index (κ2) is 7.16. The topological polar surface area (TPSA) is 52.2 Å². The van der Waals surface area contributed by atoms with E-state index < -0.39 is 11.3 Å². The Morgan fingerprint density at radius 2 is 1.38 bits per heavy atom. The van der Waals surface area contributed by atoms with Crippen LogP contribution in [0.1, 0.15) is 0 Å². The fourth-order valence-electron chi connectivity index (χ4n) is 3.46. The SMILES string of the molecule is CPc1ccc2ccccc2c1-c1c(NS(=O)[O-])ccc2ccccc12. The van der Waals surface area contributed by atoms with E-state index in [0.29, 0.717) is 14.3 Å². The molecule has 1 N–H and O–H groups in total. The molecule has 0 aromatic heterocycles. The third-order valence-electron chi connectivity index (χ3n) is 4.57. The van der Waals surface area contributed by atoms with E-state index >= 15 is 0 Å². The number of anilines is 1. The van der Waals surface area contributed by atoms with Gasteiger partial charge in [-0.3, -0.25) is 4.21 Å². The molecule has 0 spiro atoms. The molecule has 0 radical (unpaired) electrons. The van der Waals surface area contributed by atoms with Gasteiger partial charge in [0.15, 0.2) is 0 Å². The van der Waals surface area contributed by atoms with Crippen LogP contribution in [0.15, 0.2) is 72.8 Å². The molecular weight excluding hydrogens is 361 g/mol. The van der Waals surface area contributed by atoms with Gasteiger partial charge >= 0.3 is 0 Å². The highest BCUT2D eigenvalue weighted by Gasteiger charge is 2.16. The maximum Gasteiger partial charge on any atom is 0.0537 e. The molecule has 4 aromatic carbocycles. The Morgan fingerprint density at radius 1 is 0.808 bits per heavy atom. The van der Waals surface area contributed by atoms with Crippen molar-refractivity contribution in [1.82, 2.24) is 0 Å². The molecule has 3 nitrogen and oxygen atoms in total. The van der Waals surface area contributed by atoms with E-state index in [9.17, 15) is 8.76 Å². The van der Waals surface area contributed by atoms with Gasteiger partial charge in [0.25, 0.3) is 0 Å². The molecule has 0 saturated heterocycles. The molecule has 0 aliphatic rings. The first kappa shape index (κ1) is 17.2. The Labute approximate surface area is 156 Å². The first-order valence-electron chi connectivity index (χ1n) is 8.26. The largest absolute Gasteiger partial charge is 0.755 e. The summed E-state index contributed by atoms with van der Waals surface area (Å²) in [5, 5.41) is 5.63. The number of hydrogen-bond donors (Lipinski definition) is 1. The fraction of sp³-hybridized carbons (Fsp3) is 0.0476.